The highest BCUT2D eigenvalue weighted by Gasteiger charge is 2.18. The van der Waals surface area contributed by atoms with Crippen LogP contribution in [0.25, 0.3) is 0 Å². The van der Waals surface area contributed by atoms with Crippen molar-refractivity contribution < 1.29 is 35.4 Å². The van der Waals surface area contributed by atoms with E-state index in [2.05, 4.69) is 0 Å². The van der Waals surface area contributed by atoms with E-state index in [1.807, 2.05) is 13.8 Å². The van der Waals surface area contributed by atoms with Crippen LogP contribution in [0.3, 0.4) is 0 Å². The lowest BCUT2D eigenvalue weighted by atomic mass is 10.2. The van der Waals surface area contributed by atoms with Crippen LogP contribution in [0.15, 0.2) is 70.5 Å². The molecule has 0 aliphatic heterocycles. The van der Waals surface area contributed by atoms with Crippen molar-refractivity contribution in [2.75, 3.05) is 13.2 Å². The summed E-state index contributed by atoms with van der Waals surface area (Å²) in [5.74, 6) is 0. The zero-order chi connectivity index (χ0) is 22.4. The number of aliphatic hydroxyl groups is 2. The Bertz CT molecular complexity index is 969. The summed E-state index contributed by atoms with van der Waals surface area (Å²) in [4.78, 5) is -0.0851. The molecule has 2 rings (SSSR count). The molecular formula is C20H24O8S2. The Labute approximate surface area is 176 Å². The first-order valence-corrected chi connectivity index (χ1v) is 11.8. The van der Waals surface area contributed by atoms with Gasteiger partial charge in [-0.15, -0.1) is 0 Å². The van der Waals surface area contributed by atoms with Crippen molar-refractivity contribution in [1.82, 2.24) is 0 Å². The average Bonchev–Trinajstić information content (AvgIpc) is 2.70. The van der Waals surface area contributed by atoms with Gasteiger partial charge >= 0.3 is 0 Å². The number of aliphatic hydroxyl groups excluding tert-OH is 2. The molecule has 0 fully saturated rings. The van der Waals surface area contributed by atoms with Crippen LogP contribution in [0.5, 0.6) is 0 Å². The van der Waals surface area contributed by atoms with Crippen LogP contribution < -0.4 is 0 Å². The van der Waals surface area contributed by atoms with E-state index >= 15 is 0 Å². The maximum Gasteiger partial charge on any atom is 0.297 e. The molecule has 30 heavy (non-hydrogen) atoms. The van der Waals surface area contributed by atoms with E-state index < -0.39 is 45.7 Å². The van der Waals surface area contributed by atoms with Gasteiger partial charge in [0, 0.05) is 0 Å². The highest BCUT2D eigenvalue weighted by Crippen LogP contribution is 2.15. The smallest absolute Gasteiger partial charge is 0.297 e. The SMILES string of the molecule is Cc1ccc(S(=O)(=O)OC[C@@H](O)/C=C/[C@H](O)COS(=O)(=O)c2ccc(C)cc2)cc1. The van der Waals surface area contributed by atoms with Crippen LogP contribution in [0, 0.1) is 13.8 Å². The molecule has 0 amide bonds. The van der Waals surface area contributed by atoms with Crippen molar-refractivity contribution in [3.8, 4) is 0 Å². The predicted octanol–water partition coefficient (Wildman–Crippen LogP) is 1.69. The third-order valence-electron chi connectivity index (χ3n) is 3.96. The van der Waals surface area contributed by atoms with Gasteiger partial charge in [0.05, 0.1) is 35.2 Å². The Balaban J connectivity index is 1.84. The Morgan fingerprint density at radius 1 is 0.700 bits per heavy atom. The number of aryl methyl sites for hydroxylation is 2. The highest BCUT2D eigenvalue weighted by molar-refractivity contribution is 7.87. The molecule has 2 N–H and O–H groups in total. The van der Waals surface area contributed by atoms with Crippen molar-refractivity contribution in [2.24, 2.45) is 0 Å². The van der Waals surface area contributed by atoms with Gasteiger partial charge in [0.25, 0.3) is 20.2 Å². The zero-order valence-electron chi connectivity index (χ0n) is 16.5. The lowest BCUT2D eigenvalue weighted by Crippen LogP contribution is -2.20. The maximum absolute atomic E-state index is 12.1. The van der Waals surface area contributed by atoms with Crippen molar-refractivity contribution in [1.29, 1.82) is 0 Å². The summed E-state index contributed by atoms with van der Waals surface area (Å²) in [5.41, 5.74) is 1.77. The van der Waals surface area contributed by atoms with Crippen molar-refractivity contribution in [2.45, 2.75) is 35.8 Å². The summed E-state index contributed by atoms with van der Waals surface area (Å²) < 4.78 is 57.8. The lowest BCUT2D eigenvalue weighted by molar-refractivity contribution is 0.135. The van der Waals surface area contributed by atoms with Crippen LogP contribution in [0.4, 0.5) is 0 Å². The summed E-state index contributed by atoms with van der Waals surface area (Å²) in [7, 11) is -8.07. The third-order valence-corrected chi connectivity index (χ3v) is 6.55. The quantitative estimate of drug-likeness (QED) is 0.408. The summed E-state index contributed by atoms with van der Waals surface area (Å²) in [6.45, 7) is 2.49. The summed E-state index contributed by atoms with van der Waals surface area (Å²) >= 11 is 0. The molecule has 0 aliphatic carbocycles. The fourth-order valence-corrected chi connectivity index (χ4v) is 4.08. The molecule has 0 heterocycles. The normalized spacial score (nSPS) is 14.7. The van der Waals surface area contributed by atoms with Gasteiger partial charge in [0.1, 0.15) is 0 Å². The van der Waals surface area contributed by atoms with Crippen LogP contribution >= 0.6 is 0 Å². The van der Waals surface area contributed by atoms with E-state index in [0.29, 0.717) is 0 Å². The van der Waals surface area contributed by atoms with Crippen LogP contribution in [-0.4, -0.2) is 52.5 Å². The predicted molar refractivity (Wildman–Crippen MR) is 110 cm³/mol. The lowest BCUT2D eigenvalue weighted by Gasteiger charge is -2.10. The van der Waals surface area contributed by atoms with E-state index in [0.717, 1.165) is 23.3 Å². The molecule has 0 aliphatic rings. The van der Waals surface area contributed by atoms with Gasteiger partial charge in [-0.2, -0.15) is 16.8 Å². The van der Waals surface area contributed by atoms with E-state index in [1.165, 1.54) is 24.3 Å². The standard InChI is InChI=1S/C20H24O8S2/c1-15-3-9-19(10-4-15)29(23,24)27-13-17(21)7-8-18(22)14-28-30(25,26)20-11-5-16(2)6-12-20/h3-12,17-18,21-22H,13-14H2,1-2H3/b8-7+/t17-,18-/m0/s1. The van der Waals surface area contributed by atoms with Crippen LogP contribution in [0.2, 0.25) is 0 Å². The molecule has 2 atom stereocenters. The first-order chi connectivity index (χ1) is 14.0. The monoisotopic (exact) mass is 456 g/mol. The summed E-state index contributed by atoms with van der Waals surface area (Å²) in [6.07, 6.45) is -0.490. The molecule has 2 aromatic carbocycles. The third kappa shape index (κ3) is 7.31. The second-order valence-electron chi connectivity index (χ2n) is 6.62. The van der Waals surface area contributed by atoms with E-state index in [1.54, 1.807) is 24.3 Å². The molecule has 10 heteroatoms. The van der Waals surface area contributed by atoms with Gasteiger partial charge in [0.15, 0.2) is 0 Å². The van der Waals surface area contributed by atoms with Crippen molar-refractivity contribution in [3.05, 3.63) is 71.8 Å². The minimum absolute atomic E-state index is 0.0426. The molecule has 164 valence electrons. The Morgan fingerprint density at radius 2 is 1.00 bits per heavy atom. The largest absolute Gasteiger partial charge is 0.387 e. The maximum atomic E-state index is 12.1. The van der Waals surface area contributed by atoms with Gasteiger partial charge in [-0.1, -0.05) is 47.5 Å². The van der Waals surface area contributed by atoms with Crippen molar-refractivity contribution in [3.63, 3.8) is 0 Å². The minimum atomic E-state index is -4.03. The summed E-state index contributed by atoms with van der Waals surface area (Å²) in [6, 6.07) is 12.0. The molecule has 0 radical (unpaired) electrons. The first kappa shape index (κ1) is 24.2. The van der Waals surface area contributed by atoms with Gasteiger partial charge < -0.3 is 10.2 Å². The van der Waals surface area contributed by atoms with E-state index in [-0.39, 0.29) is 9.79 Å². The number of rotatable bonds is 10. The fraction of sp³-hybridized carbons (Fsp3) is 0.300. The van der Waals surface area contributed by atoms with Gasteiger partial charge in [-0.3, -0.25) is 8.37 Å². The first-order valence-electron chi connectivity index (χ1n) is 8.96. The zero-order valence-corrected chi connectivity index (χ0v) is 18.1. The molecule has 0 saturated carbocycles. The van der Waals surface area contributed by atoms with Crippen molar-refractivity contribution >= 4 is 20.2 Å². The molecule has 2 aromatic rings. The molecule has 0 bridgehead atoms. The minimum Gasteiger partial charge on any atom is -0.387 e. The van der Waals surface area contributed by atoms with E-state index in [4.69, 9.17) is 8.37 Å². The molecule has 8 nitrogen and oxygen atoms in total. The van der Waals surface area contributed by atoms with Crippen LogP contribution in [-0.2, 0) is 28.6 Å². The van der Waals surface area contributed by atoms with Crippen LogP contribution in [0.1, 0.15) is 11.1 Å². The highest BCUT2D eigenvalue weighted by atomic mass is 32.2. The van der Waals surface area contributed by atoms with E-state index in [9.17, 15) is 27.0 Å². The van der Waals surface area contributed by atoms with Gasteiger partial charge in [0.2, 0.25) is 0 Å². The Kier molecular flexibility index (Phi) is 8.30. The Morgan fingerprint density at radius 3 is 1.30 bits per heavy atom. The number of benzene rings is 2. The molecule has 0 aromatic heterocycles. The summed E-state index contributed by atoms with van der Waals surface area (Å²) in [5, 5.41) is 19.7. The second-order valence-corrected chi connectivity index (χ2v) is 9.85. The fourth-order valence-electron chi connectivity index (χ4n) is 2.23. The van der Waals surface area contributed by atoms with Gasteiger partial charge in [-0.25, -0.2) is 0 Å². The Hall–Kier alpha value is -2.08. The number of hydrogen-bond donors (Lipinski definition) is 2. The second kappa shape index (κ2) is 10.3. The topological polar surface area (TPSA) is 127 Å². The molecule has 0 spiro atoms. The number of hydrogen-bond acceptors (Lipinski definition) is 8. The average molecular weight is 457 g/mol. The molecular weight excluding hydrogens is 432 g/mol. The molecule has 0 unspecified atom stereocenters. The molecule has 0 saturated heterocycles. The van der Waals surface area contributed by atoms with Gasteiger partial charge in [-0.05, 0) is 38.1 Å².